The van der Waals surface area contributed by atoms with E-state index in [0.717, 1.165) is 39.6 Å². The molecule has 0 saturated heterocycles. The summed E-state index contributed by atoms with van der Waals surface area (Å²) in [7, 11) is 0. The molecule has 1 amide bonds. The normalized spacial score (nSPS) is 13.6. The van der Waals surface area contributed by atoms with Crippen LogP contribution in [0.2, 0.25) is 0 Å². The summed E-state index contributed by atoms with van der Waals surface area (Å²) in [6, 6.07) is 13.3. The summed E-state index contributed by atoms with van der Waals surface area (Å²) in [5.74, 6) is 1.51. The Morgan fingerprint density at radius 3 is 2.82 bits per heavy atom. The van der Waals surface area contributed by atoms with Crippen LogP contribution in [0.3, 0.4) is 0 Å². The second-order valence-corrected chi connectivity index (χ2v) is 6.56. The molecule has 0 bridgehead atoms. The molecular weight excluding hydrogens is 352 g/mol. The Hall–Kier alpha value is -3.87. The monoisotopic (exact) mass is 368 g/mol. The largest absolute Gasteiger partial charge is 0.324 e. The molecule has 1 N–H and O–H groups in total. The topological polar surface area (TPSA) is 85.1 Å². The van der Waals surface area contributed by atoms with Gasteiger partial charge in [-0.2, -0.15) is 0 Å². The second kappa shape index (κ2) is 6.38. The fourth-order valence-corrected chi connectivity index (χ4v) is 3.41. The zero-order valence-corrected chi connectivity index (χ0v) is 15.1. The lowest BCUT2D eigenvalue weighted by molar-refractivity contribution is -0.115. The minimum absolute atomic E-state index is 0.0864. The van der Waals surface area contributed by atoms with Crippen molar-refractivity contribution >= 4 is 34.0 Å². The van der Waals surface area contributed by atoms with Gasteiger partial charge in [0.25, 0.3) is 0 Å². The van der Waals surface area contributed by atoms with E-state index in [-0.39, 0.29) is 12.3 Å². The maximum absolute atomic E-state index is 12.2. The Morgan fingerprint density at radius 2 is 1.96 bits per heavy atom. The molecule has 3 aromatic heterocycles. The summed E-state index contributed by atoms with van der Waals surface area (Å²) in [5.41, 5.74) is 4.76. The van der Waals surface area contributed by atoms with Gasteiger partial charge in [-0.15, -0.1) is 0 Å². The van der Waals surface area contributed by atoms with Gasteiger partial charge in [-0.3, -0.25) is 19.3 Å². The number of imidazole rings is 1. The third kappa shape index (κ3) is 2.73. The number of carbonyl (C=O) groups is 1. The van der Waals surface area contributed by atoms with Gasteiger partial charge in [0.1, 0.15) is 17.2 Å². The SMILES string of the molecule is Cc1nc2cnccc2n1-c1ccc(C2=Nc3ccccc3NC(=O)C2)cn1. The number of benzene rings is 1. The van der Waals surface area contributed by atoms with E-state index >= 15 is 0 Å². The van der Waals surface area contributed by atoms with Crippen LogP contribution in [0.25, 0.3) is 16.9 Å². The number of anilines is 1. The van der Waals surface area contributed by atoms with Gasteiger partial charge < -0.3 is 5.32 Å². The molecule has 1 aromatic carbocycles. The van der Waals surface area contributed by atoms with E-state index < -0.39 is 0 Å². The molecule has 4 aromatic rings. The van der Waals surface area contributed by atoms with E-state index in [9.17, 15) is 4.79 Å². The van der Waals surface area contributed by atoms with E-state index in [4.69, 9.17) is 0 Å². The van der Waals surface area contributed by atoms with Crippen molar-refractivity contribution in [3.05, 3.63) is 72.4 Å². The number of nitrogens with zero attached hydrogens (tertiary/aromatic N) is 5. The molecule has 4 heterocycles. The van der Waals surface area contributed by atoms with Crippen molar-refractivity contribution in [1.82, 2.24) is 19.5 Å². The number of carbonyl (C=O) groups excluding carboxylic acids is 1. The lowest BCUT2D eigenvalue weighted by Crippen LogP contribution is -2.15. The fourth-order valence-electron chi connectivity index (χ4n) is 3.41. The molecule has 7 heteroatoms. The van der Waals surface area contributed by atoms with Gasteiger partial charge in [-0.25, -0.2) is 9.97 Å². The first-order chi connectivity index (χ1) is 13.7. The predicted molar refractivity (Wildman–Crippen MR) is 107 cm³/mol. The molecule has 28 heavy (non-hydrogen) atoms. The van der Waals surface area contributed by atoms with E-state index in [1.165, 1.54) is 0 Å². The first-order valence-electron chi connectivity index (χ1n) is 8.91. The van der Waals surface area contributed by atoms with Crippen LogP contribution in [-0.4, -0.2) is 31.1 Å². The van der Waals surface area contributed by atoms with E-state index in [1.807, 2.05) is 54.0 Å². The molecule has 0 atom stereocenters. The second-order valence-electron chi connectivity index (χ2n) is 6.56. The molecule has 5 rings (SSSR count). The van der Waals surface area contributed by atoms with Gasteiger partial charge in [0.05, 0.1) is 35.2 Å². The van der Waals surface area contributed by atoms with Crippen molar-refractivity contribution in [3.8, 4) is 5.82 Å². The van der Waals surface area contributed by atoms with Crippen molar-refractivity contribution in [3.63, 3.8) is 0 Å². The van der Waals surface area contributed by atoms with Gasteiger partial charge in [0, 0.05) is 18.0 Å². The molecular formula is C21H16N6O. The minimum Gasteiger partial charge on any atom is -0.324 e. The Kier molecular flexibility index (Phi) is 3.72. The number of pyridine rings is 2. The van der Waals surface area contributed by atoms with Crippen molar-refractivity contribution in [1.29, 1.82) is 0 Å². The first-order valence-corrected chi connectivity index (χ1v) is 8.91. The average Bonchev–Trinajstić information content (AvgIpc) is 2.94. The molecule has 0 unspecified atom stereocenters. The summed E-state index contributed by atoms with van der Waals surface area (Å²) in [5, 5.41) is 2.89. The Bertz CT molecular complexity index is 1240. The standard InChI is InChI=1S/C21H16N6O/c1-13-24-18-12-22-9-8-19(18)27(13)20-7-6-14(11-23-20)17-10-21(28)26-16-5-3-2-4-15(16)25-17/h2-9,11-12H,10H2,1H3,(H,26,28). The number of hydrogen-bond acceptors (Lipinski definition) is 5. The van der Waals surface area contributed by atoms with E-state index in [1.54, 1.807) is 18.6 Å². The number of fused-ring (bicyclic) bond motifs is 2. The first kappa shape index (κ1) is 16.3. The molecule has 0 radical (unpaired) electrons. The van der Waals surface area contributed by atoms with Gasteiger partial charge in [-0.1, -0.05) is 12.1 Å². The Labute approximate surface area is 160 Å². The highest BCUT2D eigenvalue weighted by Gasteiger charge is 2.17. The number of aryl methyl sites for hydroxylation is 1. The molecule has 0 spiro atoms. The van der Waals surface area contributed by atoms with Gasteiger partial charge in [0.2, 0.25) is 5.91 Å². The van der Waals surface area contributed by atoms with Crippen molar-refractivity contribution in [2.24, 2.45) is 4.99 Å². The third-order valence-corrected chi connectivity index (χ3v) is 4.70. The number of aliphatic imine (C=N–C) groups is 1. The lowest BCUT2D eigenvalue weighted by atomic mass is 10.1. The average molecular weight is 368 g/mol. The lowest BCUT2D eigenvalue weighted by Gasteiger charge is -2.08. The van der Waals surface area contributed by atoms with Crippen molar-refractivity contribution < 1.29 is 4.79 Å². The van der Waals surface area contributed by atoms with Crippen LogP contribution in [0.5, 0.6) is 0 Å². The molecule has 0 aliphatic carbocycles. The Balaban J connectivity index is 1.56. The van der Waals surface area contributed by atoms with Gasteiger partial charge >= 0.3 is 0 Å². The van der Waals surface area contributed by atoms with Crippen molar-refractivity contribution in [2.75, 3.05) is 5.32 Å². The highest BCUT2D eigenvalue weighted by Crippen LogP contribution is 2.28. The Morgan fingerprint density at radius 1 is 1.07 bits per heavy atom. The molecule has 1 aliphatic rings. The number of nitrogens with one attached hydrogen (secondary N) is 1. The van der Waals surface area contributed by atoms with Crippen LogP contribution >= 0.6 is 0 Å². The van der Waals surface area contributed by atoms with Crippen LogP contribution in [0.15, 0.2) is 66.0 Å². The van der Waals surface area contributed by atoms with E-state index in [0.29, 0.717) is 5.71 Å². The fraction of sp³-hybridized carbons (Fsp3) is 0.0952. The maximum Gasteiger partial charge on any atom is 0.230 e. The zero-order valence-electron chi connectivity index (χ0n) is 15.1. The summed E-state index contributed by atoms with van der Waals surface area (Å²) >= 11 is 0. The quantitative estimate of drug-likeness (QED) is 0.586. The van der Waals surface area contributed by atoms with Crippen molar-refractivity contribution in [2.45, 2.75) is 13.3 Å². The highest BCUT2D eigenvalue weighted by atomic mass is 16.1. The summed E-state index contributed by atoms with van der Waals surface area (Å²) in [6.45, 7) is 1.94. The summed E-state index contributed by atoms with van der Waals surface area (Å²) in [4.78, 5) is 30.2. The number of para-hydroxylation sites is 2. The van der Waals surface area contributed by atoms with Crippen LogP contribution in [-0.2, 0) is 4.79 Å². The summed E-state index contributed by atoms with van der Waals surface area (Å²) < 4.78 is 1.98. The minimum atomic E-state index is -0.0864. The molecule has 7 nitrogen and oxygen atoms in total. The predicted octanol–water partition coefficient (Wildman–Crippen LogP) is 3.59. The number of hydrogen-bond donors (Lipinski definition) is 1. The molecule has 1 aliphatic heterocycles. The van der Waals surface area contributed by atoms with Gasteiger partial charge in [0.15, 0.2) is 0 Å². The molecule has 0 saturated carbocycles. The van der Waals surface area contributed by atoms with Crippen LogP contribution in [0, 0.1) is 6.92 Å². The summed E-state index contributed by atoms with van der Waals surface area (Å²) in [6.07, 6.45) is 5.43. The van der Waals surface area contributed by atoms with Gasteiger partial charge in [-0.05, 0) is 37.3 Å². The smallest absolute Gasteiger partial charge is 0.230 e. The highest BCUT2D eigenvalue weighted by molar-refractivity contribution is 6.16. The van der Waals surface area contributed by atoms with E-state index in [2.05, 4.69) is 25.3 Å². The molecule has 136 valence electrons. The number of amides is 1. The van der Waals surface area contributed by atoms with Crippen LogP contribution in [0.4, 0.5) is 11.4 Å². The third-order valence-electron chi connectivity index (χ3n) is 4.70. The maximum atomic E-state index is 12.2. The number of rotatable bonds is 2. The number of aromatic nitrogens is 4. The van der Waals surface area contributed by atoms with Crippen LogP contribution < -0.4 is 5.32 Å². The molecule has 0 fully saturated rings. The van der Waals surface area contributed by atoms with Crippen LogP contribution in [0.1, 0.15) is 17.8 Å². The zero-order chi connectivity index (χ0) is 19.1.